The highest BCUT2D eigenvalue weighted by Crippen LogP contribution is 2.27. The average molecular weight is 422 g/mol. The standard InChI is InChI=1S/C21H24ClN3O2.ClH/c22-18-6-2-4-8-20(18)24-11-9-23(10-12-24)13-16(26)14-25-15-21(27)17-5-1-3-7-19(17)25;/h1-8,15-16,26-27H,9-14H2;1H/t16-;/m1./s1. The smallest absolute Gasteiger partial charge is 0.141 e. The number of fused-ring (bicyclic) bond motifs is 1. The SMILES string of the molecule is Cl.Oc1cn(C[C@H](O)CN2CCN(c3ccccc3Cl)CC2)c2ccccc12. The maximum absolute atomic E-state index is 10.6. The van der Waals surface area contributed by atoms with Crippen molar-refractivity contribution in [1.29, 1.82) is 0 Å². The van der Waals surface area contributed by atoms with Crippen LogP contribution >= 0.6 is 24.0 Å². The second kappa shape index (κ2) is 9.05. The normalized spacial score (nSPS) is 16.1. The predicted octanol–water partition coefficient (Wildman–Crippen LogP) is 3.61. The number of benzene rings is 2. The van der Waals surface area contributed by atoms with Gasteiger partial charge in [-0.3, -0.25) is 4.90 Å². The predicted molar refractivity (Wildman–Crippen MR) is 117 cm³/mol. The second-order valence-electron chi connectivity index (χ2n) is 7.08. The zero-order valence-corrected chi connectivity index (χ0v) is 17.1. The van der Waals surface area contributed by atoms with Crippen molar-refractivity contribution in [3.63, 3.8) is 0 Å². The van der Waals surface area contributed by atoms with Gasteiger partial charge in [-0.1, -0.05) is 35.9 Å². The van der Waals surface area contributed by atoms with E-state index in [2.05, 4.69) is 15.9 Å². The fourth-order valence-corrected chi connectivity index (χ4v) is 4.10. The first kappa shape index (κ1) is 20.8. The van der Waals surface area contributed by atoms with Crippen LogP contribution in [0.1, 0.15) is 0 Å². The van der Waals surface area contributed by atoms with E-state index in [-0.39, 0.29) is 18.2 Å². The fourth-order valence-electron chi connectivity index (χ4n) is 3.84. The van der Waals surface area contributed by atoms with Gasteiger partial charge < -0.3 is 19.7 Å². The minimum absolute atomic E-state index is 0. The van der Waals surface area contributed by atoms with Crippen LogP contribution in [-0.4, -0.2) is 58.5 Å². The van der Waals surface area contributed by atoms with Crippen LogP contribution in [0.15, 0.2) is 54.7 Å². The molecular formula is C21H25Cl2N3O2. The Hall–Kier alpha value is -1.92. The van der Waals surface area contributed by atoms with Gasteiger partial charge >= 0.3 is 0 Å². The number of para-hydroxylation sites is 2. The highest BCUT2D eigenvalue weighted by Gasteiger charge is 2.21. The molecule has 0 aliphatic carbocycles. The fraction of sp³-hybridized carbons (Fsp3) is 0.333. The van der Waals surface area contributed by atoms with Crippen LogP contribution in [-0.2, 0) is 6.54 Å². The van der Waals surface area contributed by atoms with Gasteiger partial charge in [0.1, 0.15) is 5.75 Å². The van der Waals surface area contributed by atoms with E-state index in [0.717, 1.165) is 47.8 Å². The Labute approximate surface area is 176 Å². The number of hydrogen-bond donors (Lipinski definition) is 2. The number of anilines is 1. The van der Waals surface area contributed by atoms with Crippen molar-refractivity contribution >= 4 is 40.6 Å². The molecule has 5 nitrogen and oxygen atoms in total. The highest BCUT2D eigenvalue weighted by atomic mass is 35.5. The molecule has 1 aliphatic rings. The maximum atomic E-state index is 10.6. The third-order valence-corrected chi connectivity index (χ3v) is 5.53. The molecule has 1 aliphatic heterocycles. The van der Waals surface area contributed by atoms with Crippen molar-refractivity contribution in [2.45, 2.75) is 12.6 Å². The quantitative estimate of drug-likeness (QED) is 0.660. The molecule has 0 bridgehead atoms. The maximum Gasteiger partial charge on any atom is 0.141 e. The number of aliphatic hydroxyl groups is 1. The molecule has 2 aromatic carbocycles. The van der Waals surface area contributed by atoms with E-state index in [4.69, 9.17) is 11.6 Å². The highest BCUT2D eigenvalue weighted by molar-refractivity contribution is 6.33. The molecule has 7 heteroatoms. The summed E-state index contributed by atoms with van der Waals surface area (Å²) in [6, 6.07) is 15.6. The topological polar surface area (TPSA) is 51.9 Å². The monoisotopic (exact) mass is 421 g/mol. The van der Waals surface area contributed by atoms with E-state index in [1.54, 1.807) is 6.20 Å². The van der Waals surface area contributed by atoms with Gasteiger partial charge in [0.2, 0.25) is 0 Å². The summed E-state index contributed by atoms with van der Waals surface area (Å²) < 4.78 is 1.93. The molecule has 3 aromatic rings. The first-order valence-electron chi connectivity index (χ1n) is 9.28. The Morgan fingerprint density at radius 1 is 0.929 bits per heavy atom. The molecule has 1 fully saturated rings. The lowest BCUT2D eigenvalue weighted by Crippen LogP contribution is -2.49. The first-order valence-corrected chi connectivity index (χ1v) is 9.66. The number of nitrogens with zero attached hydrogens (tertiary/aromatic N) is 3. The number of β-amino-alcohol motifs (C(OH)–C–C–N with tert-alkyl or cyclic N) is 1. The number of aromatic hydroxyl groups is 1. The number of rotatable bonds is 5. The molecule has 0 spiro atoms. The van der Waals surface area contributed by atoms with Gasteiger partial charge in [0, 0.05) is 50.9 Å². The van der Waals surface area contributed by atoms with E-state index in [9.17, 15) is 10.2 Å². The molecule has 1 atom stereocenters. The lowest BCUT2D eigenvalue weighted by Gasteiger charge is -2.37. The molecule has 1 aromatic heterocycles. The van der Waals surface area contributed by atoms with E-state index in [1.165, 1.54) is 0 Å². The Morgan fingerprint density at radius 2 is 1.61 bits per heavy atom. The van der Waals surface area contributed by atoms with Gasteiger partial charge in [-0.05, 0) is 24.3 Å². The van der Waals surface area contributed by atoms with Crippen LogP contribution < -0.4 is 4.90 Å². The molecule has 150 valence electrons. The minimum atomic E-state index is -0.493. The lowest BCUT2D eigenvalue weighted by atomic mass is 10.2. The third-order valence-electron chi connectivity index (χ3n) is 5.21. The largest absolute Gasteiger partial charge is 0.506 e. The summed E-state index contributed by atoms with van der Waals surface area (Å²) in [6.07, 6.45) is 1.20. The average Bonchev–Trinajstić information content (AvgIpc) is 2.99. The van der Waals surface area contributed by atoms with Crippen LogP contribution in [0.2, 0.25) is 5.02 Å². The van der Waals surface area contributed by atoms with E-state index in [0.29, 0.717) is 13.1 Å². The van der Waals surface area contributed by atoms with Crippen molar-refractivity contribution in [1.82, 2.24) is 9.47 Å². The number of aliphatic hydroxyl groups excluding tert-OH is 1. The Balaban J connectivity index is 0.00000225. The minimum Gasteiger partial charge on any atom is -0.506 e. The van der Waals surface area contributed by atoms with Crippen LogP contribution in [0.4, 0.5) is 5.69 Å². The zero-order chi connectivity index (χ0) is 18.8. The summed E-state index contributed by atoms with van der Waals surface area (Å²) in [5.41, 5.74) is 2.02. The Morgan fingerprint density at radius 3 is 2.36 bits per heavy atom. The molecule has 0 radical (unpaired) electrons. The number of halogens is 2. The van der Waals surface area contributed by atoms with Crippen LogP contribution in [0.5, 0.6) is 5.75 Å². The number of aromatic nitrogens is 1. The summed E-state index contributed by atoms with van der Waals surface area (Å²) >= 11 is 6.30. The van der Waals surface area contributed by atoms with Gasteiger partial charge in [0.15, 0.2) is 0 Å². The van der Waals surface area contributed by atoms with Gasteiger partial charge in [-0.2, -0.15) is 0 Å². The second-order valence-corrected chi connectivity index (χ2v) is 7.48. The molecule has 0 saturated carbocycles. The summed E-state index contributed by atoms with van der Waals surface area (Å²) in [6.45, 7) is 4.64. The van der Waals surface area contributed by atoms with Crippen molar-refractivity contribution in [3.05, 3.63) is 59.8 Å². The van der Waals surface area contributed by atoms with Crippen molar-refractivity contribution in [3.8, 4) is 5.75 Å². The molecule has 0 amide bonds. The van der Waals surface area contributed by atoms with Crippen molar-refractivity contribution < 1.29 is 10.2 Å². The Bertz CT molecular complexity index is 923. The van der Waals surface area contributed by atoms with Crippen LogP contribution in [0, 0.1) is 0 Å². The summed E-state index contributed by atoms with van der Waals surface area (Å²) in [5.74, 6) is 0.256. The Kier molecular flexibility index (Phi) is 6.73. The van der Waals surface area contributed by atoms with Crippen LogP contribution in [0.25, 0.3) is 10.9 Å². The van der Waals surface area contributed by atoms with E-state index >= 15 is 0 Å². The lowest BCUT2D eigenvalue weighted by molar-refractivity contribution is 0.0959. The van der Waals surface area contributed by atoms with E-state index < -0.39 is 6.10 Å². The molecule has 4 rings (SSSR count). The van der Waals surface area contributed by atoms with Crippen LogP contribution in [0.3, 0.4) is 0 Å². The zero-order valence-electron chi connectivity index (χ0n) is 15.5. The van der Waals surface area contributed by atoms with Crippen molar-refractivity contribution in [2.24, 2.45) is 0 Å². The number of piperazine rings is 1. The summed E-state index contributed by atoms with van der Waals surface area (Å²) in [7, 11) is 0. The van der Waals surface area contributed by atoms with Gasteiger partial charge in [0.05, 0.1) is 22.3 Å². The summed E-state index contributed by atoms with van der Waals surface area (Å²) in [4.78, 5) is 4.58. The summed E-state index contributed by atoms with van der Waals surface area (Å²) in [5, 5.41) is 22.2. The molecular weight excluding hydrogens is 397 g/mol. The van der Waals surface area contributed by atoms with Gasteiger partial charge in [-0.15, -0.1) is 12.4 Å². The van der Waals surface area contributed by atoms with Gasteiger partial charge in [0.25, 0.3) is 0 Å². The molecule has 2 N–H and O–H groups in total. The third kappa shape index (κ3) is 4.39. The van der Waals surface area contributed by atoms with Gasteiger partial charge in [-0.25, -0.2) is 0 Å². The van der Waals surface area contributed by atoms with E-state index in [1.807, 2.05) is 47.0 Å². The molecule has 2 heterocycles. The first-order chi connectivity index (χ1) is 13.1. The van der Waals surface area contributed by atoms with Crippen molar-refractivity contribution in [2.75, 3.05) is 37.6 Å². The molecule has 28 heavy (non-hydrogen) atoms. The molecule has 1 saturated heterocycles. The number of hydrogen-bond acceptors (Lipinski definition) is 4. The molecule has 0 unspecified atom stereocenters.